The fourth-order valence-corrected chi connectivity index (χ4v) is 5.31. The quantitative estimate of drug-likeness (QED) is 0.0370. The smallest absolute Gasteiger partial charge is 0.320 e. The van der Waals surface area contributed by atoms with Gasteiger partial charge in [0.25, 0.3) is 0 Å². The van der Waals surface area contributed by atoms with Crippen LogP contribution in [0.4, 0.5) is 0 Å². The Labute approximate surface area is 280 Å². The first kappa shape index (κ1) is 44.6. The molecule has 0 rings (SSSR count). The standard InChI is InChI=1S/C33H72N8O5/c1-4-5-8-13-31(43)38-17-9-6-10-19-39(26-27-41(23-15-35)24-16-36)20-11-7-12-21-40(22-14-34)25-18-37-28-32(44)46-30(3)33(45)29(2)42/h29-30,33,37,42,45H,4-28,34-36H2,1-3H3,(H,38,43)/t29-,30+,33-/m1/s1. The second-order valence-corrected chi connectivity index (χ2v) is 12.4. The number of nitrogens with zero attached hydrogens (tertiary/aromatic N) is 3. The lowest BCUT2D eigenvalue weighted by Gasteiger charge is -2.27. The molecule has 0 saturated carbocycles. The third-order valence-electron chi connectivity index (χ3n) is 8.16. The molecule has 13 nitrogen and oxygen atoms in total. The van der Waals surface area contributed by atoms with Gasteiger partial charge in [0, 0.05) is 78.4 Å². The molecular weight excluding hydrogens is 588 g/mol. The van der Waals surface area contributed by atoms with Crippen LogP contribution in [-0.2, 0) is 14.3 Å². The lowest BCUT2D eigenvalue weighted by molar-refractivity contribution is -0.156. The molecule has 0 aromatic heterocycles. The molecule has 1 amide bonds. The van der Waals surface area contributed by atoms with E-state index in [1.165, 1.54) is 6.92 Å². The highest BCUT2D eigenvalue weighted by Gasteiger charge is 2.22. The maximum Gasteiger partial charge on any atom is 0.320 e. The molecule has 0 aliphatic carbocycles. The number of aliphatic hydroxyl groups is 2. The number of nitrogens with one attached hydrogen (secondary N) is 2. The first-order chi connectivity index (χ1) is 22.2. The zero-order valence-corrected chi connectivity index (χ0v) is 29.6. The van der Waals surface area contributed by atoms with Crippen molar-refractivity contribution in [2.24, 2.45) is 17.2 Å². The number of hydrogen-bond donors (Lipinski definition) is 7. The zero-order valence-electron chi connectivity index (χ0n) is 29.6. The van der Waals surface area contributed by atoms with E-state index in [2.05, 4.69) is 32.3 Å². The summed E-state index contributed by atoms with van der Waals surface area (Å²) in [6.45, 7) is 16.8. The Morgan fingerprint density at radius 3 is 1.72 bits per heavy atom. The molecule has 0 bridgehead atoms. The number of hydrogen-bond acceptors (Lipinski definition) is 12. The molecule has 0 aromatic rings. The summed E-state index contributed by atoms with van der Waals surface area (Å²) >= 11 is 0. The van der Waals surface area contributed by atoms with Gasteiger partial charge in [-0.15, -0.1) is 0 Å². The third-order valence-corrected chi connectivity index (χ3v) is 8.16. The first-order valence-corrected chi connectivity index (χ1v) is 18.0. The van der Waals surface area contributed by atoms with Crippen molar-refractivity contribution in [3.05, 3.63) is 0 Å². The van der Waals surface area contributed by atoms with Crippen LogP contribution in [0.3, 0.4) is 0 Å². The predicted octanol–water partition coefficient (Wildman–Crippen LogP) is 0.0686. The van der Waals surface area contributed by atoms with Crippen molar-refractivity contribution in [3.63, 3.8) is 0 Å². The lowest BCUT2D eigenvalue weighted by Crippen LogP contribution is -2.41. The van der Waals surface area contributed by atoms with Crippen LogP contribution in [-0.4, -0.2) is 153 Å². The number of amides is 1. The summed E-state index contributed by atoms with van der Waals surface area (Å²) in [7, 11) is 0. The Hall–Kier alpha value is -1.42. The zero-order chi connectivity index (χ0) is 34.4. The fraction of sp³-hybridized carbons (Fsp3) is 0.939. The highest BCUT2D eigenvalue weighted by atomic mass is 16.6. The molecule has 0 fully saturated rings. The van der Waals surface area contributed by atoms with Gasteiger partial charge in [0.15, 0.2) is 0 Å². The Bertz CT molecular complexity index is 716. The van der Waals surface area contributed by atoms with Gasteiger partial charge in [-0.1, -0.05) is 32.6 Å². The Morgan fingerprint density at radius 2 is 1.20 bits per heavy atom. The molecule has 0 heterocycles. The molecule has 0 radical (unpaired) electrons. The number of carbonyl (C=O) groups is 2. The summed E-state index contributed by atoms with van der Waals surface area (Å²) in [6.07, 6.45) is 7.57. The van der Waals surface area contributed by atoms with Crippen molar-refractivity contribution in [1.29, 1.82) is 0 Å². The molecule has 46 heavy (non-hydrogen) atoms. The van der Waals surface area contributed by atoms with E-state index in [9.17, 15) is 19.8 Å². The average molecular weight is 661 g/mol. The molecule has 274 valence electrons. The van der Waals surface area contributed by atoms with Gasteiger partial charge in [-0.3, -0.25) is 14.5 Å². The number of ether oxygens (including phenoxy) is 1. The average Bonchev–Trinajstić information content (AvgIpc) is 3.02. The van der Waals surface area contributed by atoms with Crippen LogP contribution in [0.25, 0.3) is 0 Å². The van der Waals surface area contributed by atoms with Crippen LogP contribution in [0, 0.1) is 0 Å². The minimum atomic E-state index is -1.11. The summed E-state index contributed by atoms with van der Waals surface area (Å²) in [4.78, 5) is 31.2. The van der Waals surface area contributed by atoms with E-state index < -0.39 is 24.3 Å². The van der Waals surface area contributed by atoms with Crippen LogP contribution < -0.4 is 27.8 Å². The van der Waals surface area contributed by atoms with Gasteiger partial charge in [-0.2, -0.15) is 0 Å². The Balaban J connectivity index is 4.48. The van der Waals surface area contributed by atoms with Crippen molar-refractivity contribution < 1.29 is 24.5 Å². The molecule has 0 spiro atoms. The van der Waals surface area contributed by atoms with Gasteiger partial charge < -0.3 is 52.6 Å². The minimum Gasteiger partial charge on any atom is -0.459 e. The van der Waals surface area contributed by atoms with E-state index in [-0.39, 0.29) is 12.5 Å². The SMILES string of the molecule is CCCCCC(=O)NCCCCCN(CCCCCN(CCN)CCNCC(=O)O[C@@H](C)[C@H](O)[C@@H](C)O)CCN(CCN)CCN. The minimum absolute atomic E-state index is 0.0465. The van der Waals surface area contributed by atoms with Gasteiger partial charge in [0.2, 0.25) is 5.91 Å². The van der Waals surface area contributed by atoms with Crippen LogP contribution in [0.15, 0.2) is 0 Å². The van der Waals surface area contributed by atoms with Gasteiger partial charge in [0.1, 0.15) is 12.2 Å². The number of aliphatic hydroxyl groups excluding tert-OH is 2. The second kappa shape index (κ2) is 30.9. The summed E-state index contributed by atoms with van der Waals surface area (Å²) in [6, 6.07) is 0. The van der Waals surface area contributed by atoms with E-state index in [4.69, 9.17) is 21.9 Å². The summed E-state index contributed by atoms with van der Waals surface area (Å²) in [5, 5.41) is 25.4. The monoisotopic (exact) mass is 661 g/mol. The largest absolute Gasteiger partial charge is 0.459 e. The normalized spacial score (nSPS) is 13.8. The van der Waals surface area contributed by atoms with Crippen molar-refractivity contribution in [2.75, 3.05) is 98.2 Å². The molecular formula is C33H72N8O5. The third kappa shape index (κ3) is 25.6. The lowest BCUT2D eigenvalue weighted by atomic mass is 10.1. The van der Waals surface area contributed by atoms with Gasteiger partial charge >= 0.3 is 5.97 Å². The van der Waals surface area contributed by atoms with Crippen molar-refractivity contribution in [1.82, 2.24) is 25.3 Å². The highest BCUT2D eigenvalue weighted by Crippen LogP contribution is 2.06. The van der Waals surface area contributed by atoms with Crippen LogP contribution in [0.5, 0.6) is 0 Å². The summed E-state index contributed by atoms with van der Waals surface area (Å²) in [5.74, 6) is -0.280. The summed E-state index contributed by atoms with van der Waals surface area (Å²) < 4.78 is 5.18. The van der Waals surface area contributed by atoms with E-state index in [0.29, 0.717) is 32.6 Å². The van der Waals surface area contributed by atoms with E-state index in [0.717, 1.165) is 123 Å². The van der Waals surface area contributed by atoms with Gasteiger partial charge in [0.05, 0.1) is 12.6 Å². The second-order valence-electron chi connectivity index (χ2n) is 12.4. The van der Waals surface area contributed by atoms with Crippen LogP contribution in [0.2, 0.25) is 0 Å². The predicted molar refractivity (Wildman–Crippen MR) is 187 cm³/mol. The molecule has 0 aromatic carbocycles. The Kier molecular flexibility index (Phi) is 29.9. The number of rotatable bonds is 33. The molecule has 3 atom stereocenters. The van der Waals surface area contributed by atoms with Crippen LogP contribution >= 0.6 is 0 Å². The fourth-order valence-electron chi connectivity index (χ4n) is 5.31. The number of carbonyl (C=O) groups excluding carboxylic acids is 2. The molecule has 0 unspecified atom stereocenters. The topological polar surface area (TPSA) is 196 Å². The first-order valence-electron chi connectivity index (χ1n) is 18.0. The van der Waals surface area contributed by atoms with Gasteiger partial charge in [-0.25, -0.2) is 0 Å². The van der Waals surface area contributed by atoms with E-state index in [1.807, 2.05) is 0 Å². The van der Waals surface area contributed by atoms with Gasteiger partial charge in [-0.05, 0) is 65.6 Å². The molecule has 13 heteroatoms. The maximum atomic E-state index is 12.0. The van der Waals surface area contributed by atoms with E-state index >= 15 is 0 Å². The molecule has 0 aliphatic heterocycles. The number of esters is 1. The number of nitrogens with two attached hydrogens (primary N) is 3. The molecule has 0 saturated heterocycles. The Morgan fingerprint density at radius 1 is 0.674 bits per heavy atom. The maximum absolute atomic E-state index is 12.0. The van der Waals surface area contributed by atoms with Crippen LogP contribution in [0.1, 0.15) is 85.0 Å². The van der Waals surface area contributed by atoms with Crippen molar-refractivity contribution in [2.45, 2.75) is 103 Å². The molecule has 10 N–H and O–H groups in total. The van der Waals surface area contributed by atoms with Crippen molar-refractivity contribution in [3.8, 4) is 0 Å². The highest BCUT2D eigenvalue weighted by molar-refractivity contribution is 5.75. The van der Waals surface area contributed by atoms with E-state index in [1.54, 1.807) is 6.92 Å². The molecule has 0 aliphatic rings. The number of unbranched alkanes of at least 4 members (excludes halogenated alkanes) is 6. The summed E-state index contributed by atoms with van der Waals surface area (Å²) in [5.41, 5.74) is 17.5. The van der Waals surface area contributed by atoms with Crippen molar-refractivity contribution >= 4 is 11.9 Å².